The van der Waals surface area contributed by atoms with Gasteiger partial charge in [-0.2, -0.15) is 10.1 Å². The molecule has 2 aromatic rings. The summed E-state index contributed by atoms with van der Waals surface area (Å²) >= 11 is 6.32. The van der Waals surface area contributed by atoms with E-state index in [4.69, 9.17) is 21.4 Å². The number of fused-ring (bicyclic) bond motifs is 4. The first-order valence-corrected chi connectivity index (χ1v) is 11.6. The molecule has 1 amide bonds. The number of hydrazone groups is 1. The molecule has 1 spiro atoms. The van der Waals surface area contributed by atoms with Crippen LogP contribution in [0.25, 0.3) is 0 Å². The highest BCUT2D eigenvalue weighted by molar-refractivity contribution is 6.31. The van der Waals surface area contributed by atoms with Crippen LogP contribution in [-0.2, 0) is 16.0 Å². The summed E-state index contributed by atoms with van der Waals surface area (Å²) < 4.78 is 5.06. The Labute approximate surface area is 192 Å². The number of nitrogens with zero attached hydrogens (tertiary/aromatic N) is 3. The van der Waals surface area contributed by atoms with E-state index in [1.165, 1.54) is 5.01 Å². The predicted molar refractivity (Wildman–Crippen MR) is 126 cm³/mol. The number of rotatable bonds is 3. The summed E-state index contributed by atoms with van der Waals surface area (Å²) in [6.45, 7) is 4.98. The molecule has 2 aromatic carbocycles. The molecule has 0 aromatic heterocycles. The number of amides is 1. The topological polar surface area (TPSA) is 62.2 Å². The van der Waals surface area contributed by atoms with Crippen LogP contribution in [0.5, 0.6) is 0 Å². The highest BCUT2D eigenvalue weighted by atomic mass is 35.5. The molecule has 3 aliphatic rings. The van der Waals surface area contributed by atoms with Gasteiger partial charge in [-0.05, 0) is 81.5 Å². The fourth-order valence-electron chi connectivity index (χ4n) is 5.45. The van der Waals surface area contributed by atoms with Crippen LogP contribution in [-0.4, -0.2) is 36.8 Å². The molecule has 166 valence electrons. The van der Waals surface area contributed by atoms with Crippen LogP contribution in [0.3, 0.4) is 0 Å². The third-order valence-corrected chi connectivity index (χ3v) is 7.23. The maximum atomic E-state index is 14.0. The van der Waals surface area contributed by atoms with Crippen LogP contribution >= 0.6 is 11.6 Å². The molecular formula is C25H26ClN3O3. The Bertz CT molecular complexity index is 1110. The molecule has 0 bridgehead atoms. The maximum absolute atomic E-state index is 14.0. The summed E-state index contributed by atoms with van der Waals surface area (Å²) in [4.78, 5) is 28.4. The predicted octanol–water partition coefficient (Wildman–Crippen LogP) is 4.84. The lowest BCUT2D eigenvalue weighted by Crippen LogP contribution is -2.61. The number of esters is 1. The molecule has 0 N–H and O–H groups in total. The van der Waals surface area contributed by atoms with Gasteiger partial charge in [0.1, 0.15) is 5.41 Å². The zero-order valence-electron chi connectivity index (χ0n) is 18.3. The molecular weight excluding hydrogens is 426 g/mol. The van der Waals surface area contributed by atoms with Gasteiger partial charge in [-0.25, -0.2) is 4.79 Å². The SMILES string of the molecule is CCOC(=O)c1ccc(N2N=C(C)C3(Cc4ccc(Cl)cc4N4CCCCC43)C2=O)cc1. The molecule has 0 radical (unpaired) electrons. The highest BCUT2D eigenvalue weighted by Gasteiger charge is 2.59. The Balaban J connectivity index is 1.52. The fourth-order valence-corrected chi connectivity index (χ4v) is 5.61. The van der Waals surface area contributed by atoms with E-state index < -0.39 is 5.41 Å². The van der Waals surface area contributed by atoms with Crippen molar-refractivity contribution < 1.29 is 14.3 Å². The first-order chi connectivity index (χ1) is 15.5. The number of benzene rings is 2. The van der Waals surface area contributed by atoms with Crippen molar-refractivity contribution in [1.82, 2.24) is 0 Å². The summed E-state index contributed by atoms with van der Waals surface area (Å²) in [6.07, 6.45) is 3.75. The third-order valence-electron chi connectivity index (χ3n) is 6.99. The van der Waals surface area contributed by atoms with E-state index in [0.717, 1.165) is 47.8 Å². The lowest BCUT2D eigenvalue weighted by Gasteiger charge is -2.51. The van der Waals surface area contributed by atoms with Crippen LogP contribution in [0, 0.1) is 5.41 Å². The van der Waals surface area contributed by atoms with Crippen molar-refractivity contribution in [2.75, 3.05) is 23.1 Å². The Morgan fingerprint density at radius 2 is 2.00 bits per heavy atom. The molecule has 2 atom stereocenters. The molecule has 3 heterocycles. The summed E-state index contributed by atoms with van der Waals surface area (Å²) in [6, 6.07) is 12.9. The Morgan fingerprint density at radius 3 is 2.75 bits per heavy atom. The van der Waals surface area contributed by atoms with E-state index in [9.17, 15) is 9.59 Å². The van der Waals surface area contributed by atoms with E-state index in [1.54, 1.807) is 31.2 Å². The lowest BCUT2D eigenvalue weighted by molar-refractivity contribution is -0.125. The van der Waals surface area contributed by atoms with Crippen molar-refractivity contribution >= 4 is 40.6 Å². The minimum atomic E-state index is -0.693. The molecule has 3 aliphatic heterocycles. The Hall–Kier alpha value is -2.86. The molecule has 0 aliphatic carbocycles. The van der Waals surface area contributed by atoms with E-state index in [-0.39, 0.29) is 17.9 Å². The van der Waals surface area contributed by atoms with Crippen molar-refractivity contribution in [2.24, 2.45) is 10.5 Å². The fraction of sp³-hybridized carbons (Fsp3) is 0.400. The van der Waals surface area contributed by atoms with Gasteiger partial charge in [-0.1, -0.05) is 17.7 Å². The van der Waals surface area contributed by atoms with Gasteiger partial charge in [0.25, 0.3) is 5.91 Å². The molecule has 1 saturated heterocycles. The molecule has 0 saturated carbocycles. The average Bonchev–Trinajstić information content (AvgIpc) is 3.05. The number of carbonyl (C=O) groups is 2. The van der Waals surface area contributed by atoms with E-state index in [2.05, 4.69) is 4.90 Å². The van der Waals surface area contributed by atoms with Crippen molar-refractivity contribution in [3.05, 3.63) is 58.6 Å². The van der Waals surface area contributed by atoms with Crippen LogP contribution in [0.1, 0.15) is 49.0 Å². The monoisotopic (exact) mass is 451 g/mol. The molecule has 1 fully saturated rings. The molecule has 2 unspecified atom stereocenters. The van der Waals surface area contributed by atoms with Crippen LogP contribution in [0.4, 0.5) is 11.4 Å². The van der Waals surface area contributed by atoms with Gasteiger partial charge in [0.2, 0.25) is 0 Å². The maximum Gasteiger partial charge on any atom is 0.338 e. The van der Waals surface area contributed by atoms with Crippen molar-refractivity contribution in [2.45, 2.75) is 45.6 Å². The Kier molecular flexibility index (Phi) is 5.20. The summed E-state index contributed by atoms with van der Waals surface area (Å²) in [5.74, 6) is -0.375. The quantitative estimate of drug-likeness (QED) is 0.626. The standard InChI is InChI=1S/C25H26ClN3O3/c1-3-32-23(30)17-8-11-20(12-9-17)29-24(31)25(16(2)27-29)15-18-7-10-19(26)14-21(18)28-13-5-4-6-22(25)28/h7-12,14,22H,3-6,13,15H2,1-2H3. The van der Waals surface area contributed by atoms with Gasteiger partial charge in [-0.3, -0.25) is 4.79 Å². The molecule has 6 nitrogen and oxygen atoms in total. The van der Waals surface area contributed by atoms with Gasteiger partial charge in [-0.15, -0.1) is 0 Å². The van der Waals surface area contributed by atoms with Gasteiger partial charge >= 0.3 is 5.97 Å². The second-order valence-electron chi connectivity index (χ2n) is 8.70. The number of anilines is 2. The average molecular weight is 452 g/mol. The summed E-state index contributed by atoms with van der Waals surface area (Å²) in [7, 11) is 0. The summed E-state index contributed by atoms with van der Waals surface area (Å²) in [5.41, 5.74) is 3.54. The third kappa shape index (κ3) is 3.12. The smallest absolute Gasteiger partial charge is 0.338 e. The van der Waals surface area contributed by atoms with Crippen molar-refractivity contribution in [3.8, 4) is 0 Å². The van der Waals surface area contributed by atoms with Crippen molar-refractivity contribution in [1.29, 1.82) is 0 Å². The molecule has 7 heteroatoms. The second kappa shape index (κ2) is 7.93. The number of hydrogen-bond donors (Lipinski definition) is 0. The van der Waals surface area contributed by atoms with Crippen LogP contribution in [0.2, 0.25) is 5.02 Å². The van der Waals surface area contributed by atoms with E-state index in [0.29, 0.717) is 24.3 Å². The largest absolute Gasteiger partial charge is 0.462 e. The molecule has 32 heavy (non-hydrogen) atoms. The minimum absolute atomic E-state index is 0.00335. The number of piperidine rings is 1. The van der Waals surface area contributed by atoms with E-state index >= 15 is 0 Å². The normalized spacial score (nSPS) is 24.3. The van der Waals surface area contributed by atoms with Gasteiger partial charge in [0.05, 0.1) is 23.6 Å². The van der Waals surface area contributed by atoms with Crippen LogP contribution in [0.15, 0.2) is 47.6 Å². The van der Waals surface area contributed by atoms with E-state index in [1.807, 2.05) is 25.1 Å². The minimum Gasteiger partial charge on any atom is -0.462 e. The lowest BCUT2D eigenvalue weighted by atomic mass is 9.66. The zero-order chi connectivity index (χ0) is 22.5. The van der Waals surface area contributed by atoms with Crippen LogP contribution < -0.4 is 9.91 Å². The van der Waals surface area contributed by atoms with Gasteiger partial charge < -0.3 is 9.64 Å². The molecule has 5 rings (SSSR count). The zero-order valence-corrected chi connectivity index (χ0v) is 19.1. The Morgan fingerprint density at radius 1 is 1.22 bits per heavy atom. The van der Waals surface area contributed by atoms with Crippen molar-refractivity contribution in [3.63, 3.8) is 0 Å². The second-order valence-corrected chi connectivity index (χ2v) is 9.13. The number of ether oxygens (including phenoxy) is 1. The number of hydrogen-bond acceptors (Lipinski definition) is 5. The first kappa shape index (κ1) is 21.0. The van der Waals surface area contributed by atoms with Gasteiger partial charge in [0, 0.05) is 23.3 Å². The number of carbonyl (C=O) groups excluding carboxylic acids is 2. The number of halogens is 1. The summed E-state index contributed by atoms with van der Waals surface area (Å²) in [5, 5.41) is 6.97. The first-order valence-electron chi connectivity index (χ1n) is 11.2. The highest BCUT2D eigenvalue weighted by Crippen LogP contribution is 2.50. The van der Waals surface area contributed by atoms with Gasteiger partial charge in [0.15, 0.2) is 0 Å².